The molecule has 0 spiro atoms. The molecule has 14 heteroatoms. The van der Waals surface area contributed by atoms with E-state index in [9.17, 15) is 8.42 Å². The molecule has 0 aliphatic heterocycles. The Bertz CT molecular complexity index is 1790. The lowest BCUT2D eigenvalue weighted by Crippen LogP contribution is -2.16. The molecule has 12 nitrogen and oxygen atoms in total. The van der Waals surface area contributed by atoms with Gasteiger partial charge in [0, 0.05) is 11.8 Å². The maximum absolute atomic E-state index is 13.5. The van der Waals surface area contributed by atoms with Gasteiger partial charge in [0.1, 0.15) is 5.69 Å². The van der Waals surface area contributed by atoms with Crippen molar-refractivity contribution in [1.82, 2.24) is 35.6 Å². The molecule has 5 aromatic rings. The Morgan fingerprint density at radius 2 is 1.71 bits per heavy atom. The van der Waals surface area contributed by atoms with Crippen molar-refractivity contribution in [2.24, 2.45) is 0 Å². The summed E-state index contributed by atoms with van der Waals surface area (Å²) in [5.74, 6) is 0.841. The number of pyridine rings is 1. The fourth-order valence-electron chi connectivity index (χ4n) is 3.81. The maximum atomic E-state index is 13.5. The number of methoxy groups -OCH3 is 1. The van der Waals surface area contributed by atoms with Crippen molar-refractivity contribution in [1.29, 1.82) is 0 Å². The molecular formula is C27H25ClN8O4S. The molecule has 0 fully saturated rings. The fraction of sp³-hybridized carbons (Fsp3) is 0.185. The number of tetrazole rings is 1. The molecule has 0 radical (unpaired) electrons. The third kappa shape index (κ3) is 6.10. The Hall–Kier alpha value is -4.62. The van der Waals surface area contributed by atoms with Crippen molar-refractivity contribution < 1.29 is 17.9 Å². The zero-order valence-corrected chi connectivity index (χ0v) is 24.0. The van der Waals surface area contributed by atoms with Gasteiger partial charge < -0.3 is 9.47 Å². The van der Waals surface area contributed by atoms with Crippen LogP contribution in [-0.2, 0) is 15.4 Å². The number of aromatic amines is 1. The number of benzene rings is 2. The quantitative estimate of drug-likeness (QED) is 0.227. The smallest absolute Gasteiger partial charge is 0.263 e. The second-order valence-corrected chi connectivity index (χ2v) is 11.9. The Balaban J connectivity index is 1.60. The van der Waals surface area contributed by atoms with Crippen molar-refractivity contribution in [3.05, 3.63) is 77.6 Å². The number of aromatic nitrogens is 7. The van der Waals surface area contributed by atoms with E-state index >= 15 is 0 Å². The molecule has 0 unspecified atom stereocenters. The summed E-state index contributed by atoms with van der Waals surface area (Å²) in [6.45, 7) is 6.14. The van der Waals surface area contributed by atoms with Gasteiger partial charge in [-0.25, -0.2) is 23.5 Å². The molecule has 0 saturated carbocycles. The largest absolute Gasteiger partial charge is 0.493 e. The zero-order chi connectivity index (χ0) is 29.2. The molecule has 0 amide bonds. The minimum atomic E-state index is -4.12. The van der Waals surface area contributed by atoms with Gasteiger partial charge in [0.2, 0.25) is 5.75 Å². The molecule has 0 atom stereocenters. The van der Waals surface area contributed by atoms with Gasteiger partial charge in [0.05, 0.1) is 12.0 Å². The molecule has 3 heterocycles. The van der Waals surface area contributed by atoms with E-state index < -0.39 is 10.0 Å². The lowest BCUT2D eigenvalue weighted by Gasteiger charge is -2.19. The summed E-state index contributed by atoms with van der Waals surface area (Å²) in [4.78, 5) is 13.2. The number of rotatable bonds is 8. The third-order valence-electron chi connectivity index (χ3n) is 5.97. The van der Waals surface area contributed by atoms with E-state index in [1.54, 1.807) is 48.5 Å². The van der Waals surface area contributed by atoms with Gasteiger partial charge >= 0.3 is 0 Å². The normalized spacial score (nSPS) is 11.7. The van der Waals surface area contributed by atoms with Crippen LogP contribution >= 0.6 is 11.6 Å². The standard InChI is InChI=1S/C27H25ClN8O4S/c1-27(2,3)17-9-11-18(12-10-17)41(37,38)34-26-22(40-21-8-6-5-7-20(21)39-4)23(28)30-24(31-26)16-13-14-29-19(15-16)25-32-35-36-33-25/h5-15H,1-4H3,(H,30,31,34)(H,32,33,35,36). The monoisotopic (exact) mass is 592 g/mol. The molecule has 0 saturated heterocycles. The summed E-state index contributed by atoms with van der Waals surface area (Å²) in [6.07, 6.45) is 1.52. The second kappa shape index (κ2) is 11.1. The lowest BCUT2D eigenvalue weighted by atomic mass is 9.87. The number of hydrogen-bond donors (Lipinski definition) is 2. The van der Waals surface area contributed by atoms with E-state index in [4.69, 9.17) is 21.1 Å². The first-order chi connectivity index (χ1) is 19.5. The van der Waals surface area contributed by atoms with Crippen LogP contribution in [0, 0.1) is 0 Å². The van der Waals surface area contributed by atoms with Crippen molar-refractivity contribution in [3.63, 3.8) is 0 Å². The first kappa shape index (κ1) is 27.9. The maximum Gasteiger partial charge on any atom is 0.263 e. The summed E-state index contributed by atoms with van der Waals surface area (Å²) >= 11 is 6.61. The number of para-hydroxylation sites is 2. The molecule has 210 valence electrons. The van der Waals surface area contributed by atoms with Crippen LogP contribution < -0.4 is 14.2 Å². The molecule has 2 N–H and O–H groups in total. The molecule has 0 aliphatic rings. The number of sulfonamides is 1. The number of hydrogen-bond acceptors (Lipinski definition) is 10. The molecule has 2 aromatic carbocycles. The number of nitrogens with zero attached hydrogens (tertiary/aromatic N) is 6. The van der Waals surface area contributed by atoms with E-state index in [-0.39, 0.29) is 38.6 Å². The predicted molar refractivity (Wildman–Crippen MR) is 152 cm³/mol. The molecule has 41 heavy (non-hydrogen) atoms. The summed E-state index contributed by atoms with van der Waals surface area (Å²) in [7, 11) is -2.63. The topological polar surface area (TPSA) is 158 Å². The first-order valence-electron chi connectivity index (χ1n) is 12.3. The zero-order valence-electron chi connectivity index (χ0n) is 22.5. The van der Waals surface area contributed by atoms with Crippen LogP contribution in [0.25, 0.3) is 22.9 Å². The van der Waals surface area contributed by atoms with Crippen LogP contribution in [-0.4, -0.2) is 51.1 Å². The number of H-pyrrole nitrogens is 1. The average molecular weight is 593 g/mol. The van der Waals surface area contributed by atoms with Gasteiger partial charge in [-0.05, 0) is 57.8 Å². The highest BCUT2D eigenvalue weighted by atomic mass is 35.5. The van der Waals surface area contributed by atoms with Crippen LogP contribution in [0.2, 0.25) is 5.15 Å². The Morgan fingerprint density at radius 1 is 0.976 bits per heavy atom. The first-order valence-corrected chi connectivity index (χ1v) is 14.1. The molecular weight excluding hydrogens is 568 g/mol. The van der Waals surface area contributed by atoms with Gasteiger partial charge in [-0.2, -0.15) is 0 Å². The SMILES string of the molecule is COc1ccccc1Oc1c(Cl)nc(-c2ccnc(-c3nnn[nH]3)c2)nc1NS(=O)(=O)c1ccc(C(C)(C)C)cc1. The van der Waals surface area contributed by atoms with Gasteiger partial charge in [0.15, 0.2) is 34.1 Å². The second-order valence-electron chi connectivity index (χ2n) is 9.83. The summed E-state index contributed by atoms with van der Waals surface area (Å²) in [6, 6.07) is 16.7. The Morgan fingerprint density at radius 3 is 2.37 bits per heavy atom. The van der Waals surface area contributed by atoms with Gasteiger partial charge in [-0.3, -0.25) is 9.71 Å². The van der Waals surface area contributed by atoms with Crippen molar-refractivity contribution >= 4 is 27.4 Å². The minimum absolute atomic E-state index is 0.0362. The van der Waals surface area contributed by atoms with E-state index in [0.717, 1.165) is 5.56 Å². The summed E-state index contributed by atoms with van der Waals surface area (Å²) in [5.41, 5.74) is 1.74. The highest BCUT2D eigenvalue weighted by Gasteiger charge is 2.24. The number of nitrogens with one attached hydrogen (secondary N) is 2. The summed E-state index contributed by atoms with van der Waals surface area (Å²) < 4.78 is 41.0. The van der Waals surface area contributed by atoms with Crippen molar-refractivity contribution in [2.75, 3.05) is 11.8 Å². The summed E-state index contributed by atoms with van der Waals surface area (Å²) in [5, 5.41) is 13.5. The third-order valence-corrected chi connectivity index (χ3v) is 7.58. The Kier molecular flexibility index (Phi) is 7.56. The minimum Gasteiger partial charge on any atom is -0.493 e. The predicted octanol–water partition coefficient (Wildman–Crippen LogP) is 5.27. The molecule has 0 aliphatic carbocycles. The van der Waals surface area contributed by atoms with Crippen LogP contribution in [0.15, 0.2) is 71.8 Å². The van der Waals surface area contributed by atoms with Crippen LogP contribution in [0.3, 0.4) is 0 Å². The molecule has 3 aromatic heterocycles. The molecule has 0 bridgehead atoms. The van der Waals surface area contributed by atoms with Gasteiger partial charge in [-0.15, -0.1) is 5.10 Å². The van der Waals surface area contributed by atoms with Crippen molar-refractivity contribution in [2.45, 2.75) is 31.1 Å². The number of halogens is 1. The highest BCUT2D eigenvalue weighted by molar-refractivity contribution is 7.92. The van der Waals surface area contributed by atoms with Crippen LogP contribution in [0.5, 0.6) is 17.2 Å². The van der Waals surface area contributed by atoms with E-state index in [0.29, 0.717) is 22.8 Å². The molecule has 5 rings (SSSR count). The fourth-order valence-corrected chi connectivity index (χ4v) is 5.03. The van der Waals surface area contributed by atoms with E-state index in [1.807, 2.05) is 20.8 Å². The van der Waals surface area contributed by atoms with Crippen LogP contribution in [0.4, 0.5) is 5.82 Å². The van der Waals surface area contributed by atoms with Crippen LogP contribution in [0.1, 0.15) is 26.3 Å². The number of anilines is 1. The highest BCUT2D eigenvalue weighted by Crippen LogP contribution is 2.40. The van der Waals surface area contributed by atoms with E-state index in [1.165, 1.54) is 25.4 Å². The average Bonchev–Trinajstić information content (AvgIpc) is 3.50. The Labute approximate surface area is 241 Å². The van der Waals surface area contributed by atoms with Crippen molar-refractivity contribution in [3.8, 4) is 40.2 Å². The lowest BCUT2D eigenvalue weighted by molar-refractivity contribution is 0.378. The number of ether oxygens (including phenoxy) is 2. The van der Waals surface area contributed by atoms with E-state index in [2.05, 4.69) is 40.3 Å². The van der Waals surface area contributed by atoms with Gasteiger partial charge in [-0.1, -0.05) is 56.6 Å². The van der Waals surface area contributed by atoms with Gasteiger partial charge in [0.25, 0.3) is 10.0 Å².